The van der Waals surface area contributed by atoms with Gasteiger partial charge < -0.3 is 10.1 Å². The monoisotopic (exact) mass is 413 g/mol. The molecule has 0 aliphatic heterocycles. The van der Waals surface area contributed by atoms with Gasteiger partial charge in [0.15, 0.2) is 0 Å². The largest absolute Gasteiger partial charge is 0.460 e. The van der Waals surface area contributed by atoms with Gasteiger partial charge in [0.1, 0.15) is 18.8 Å². The Labute approximate surface area is 160 Å². The fourth-order valence-electron chi connectivity index (χ4n) is 2.07. The van der Waals surface area contributed by atoms with Crippen LogP contribution >= 0.6 is 11.6 Å². The Morgan fingerprint density at radius 3 is 2.48 bits per heavy atom. The molecule has 0 saturated carbocycles. The average molecular weight is 414 g/mol. The van der Waals surface area contributed by atoms with E-state index in [1.165, 1.54) is 19.2 Å². The van der Waals surface area contributed by atoms with Crippen LogP contribution in [-0.2, 0) is 26.2 Å². The first-order valence-electron chi connectivity index (χ1n) is 7.59. The molecule has 0 saturated heterocycles. The molecule has 0 spiro atoms. The van der Waals surface area contributed by atoms with Crippen molar-refractivity contribution in [3.8, 4) is 0 Å². The topological polar surface area (TPSA) is 128 Å². The third-order valence-corrected chi connectivity index (χ3v) is 5.12. The molecule has 0 bridgehead atoms. The number of nitrogens with one attached hydrogen (secondary N) is 2. The van der Waals surface area contributed by atoms with Crippen molar-refractivity contribution in [3.05, 3.63) is 63.2 Å². The number of ether oxygens (including phenoxy) is 1. The van der Waals surface area contributed by atoms with E-state index in [1.54, 1.807) is 24.3 Å². The third-order valence-electron chi connectivity index (χ3n) is 3.47. The number of carbonyl (C=O) groups is 1. The maximum Gasteiger partial charge on any atom is 0.321 e. The predicted molar refractivity (Wildman–Crippen MR) is 99.1 cm³/mol. The van der Waals surface area contributed by atoms with Crippen LogP contribution < -0.4 is 10.0 Å². The van der Waals surface area contributed by atoms with Crippen LogP contribution in [-0.4, -0.2) is 32.9 Å². The van der Waals surface area contributed by atoms with E-state index >= 15 is 0 Å². The standard InChI is InChI=1S/C16H16ClN3O6S/c1-18-14-7-6-13(8-15(14)20(22)23)27(24,25)19-9-16(21)26-10-11-2-4-12(17)5-3-11/h2-8,18-19H,9-10H2,1H3. The number of hydrogen-bond acceptors (Lipinski definition) is 7. The molecular formula is C16H16ClN3O6S. The number of esters is 1. The molecule has 9 nitrogen and oxygen atoms in total. The molecule has 0 aromatic heterocycles. The molecule has 0 amide bonds. The molecule has 0 aliphatic carbocycles. The lowest BCUT2D eigenvalue weighted by molar-refractivity contribution is -0.384. The number of benzene rings is 2. The molecule has 11 heteroatoms. The van der Waals surface area contributed by atoms with Gasteiger partial charge in [-0.2, -0.15) is 4.72 Å². The van der Waals surface area contributed by atoms with Gasteiger partial charge in [-0.25, -0.2) is 8.42 Å². The Bertz CT molecular complexity index is 947. The summed E-state index contributed by atoms with van der Waals surface area (Å²) in [6.07, 6.45) is 0. The van der Waals surface area contributed by atoms with Crippen molar-refractivity contribution in [3.63, 3.8) is 0 Å². The quantitative estimate of drug-likeness (QED) is 0.386. The molecule has 2 N–H and O–H groups in total. The maximum atomic E-state index is 12.2. The van der Waals surface area contributed by atoms with Crippen LogP contribution in [0.25, 0.3) is 0 Å². The minimum Gasteiger partial charge on any atom is -0.460 e. The van der Waals surface area contributed by atoms with Crippen molar-refractivity contribution < 1.29 is 22.9 Å². The molecule has 2 rings (SSSR count). The molecule has 0 aliphatic rings. The van der Waals surface area contributed by atoms with Crippen LogP contribution in [0.3, 0.4) is 0 Å². The summed E-state index contributed by atoms with van der Waals surface area (Å²) in [5.41, 5.74) is 0.459. The van der Waals surface area contributed by atoms with E-state index in [2.05, 4.69) is 10.0 Å². The highest BCUT2D eigenvalue weighted by Gasteiger charge is 2.21. The van der Waals surface area contributed by atoms with Crippen molar-refractivity contribution in [2.24, 2.45) is 0 Å². The summed E-state index contributed by atoms with van der Waals surface area (Å²) >= 11 is 5.75. The summed E-state index contributed by atoms with van der Waals surface area (Å²) in [5.74, 6) is -0.796. The number of anilines is 1. The number of halogens is 1. The highest BCUT2D eigenvalue weighted by Crippen LogP contribution is 2.26. The minimum atomic E-state index is -4.13. The Kier molecular flexibility index (Phi) is 6.72. The molecule has 2 aromatic carbocycles. The van der Waals surface area contributed by atoms with E-state index in [0.29, 0.717) is 10.6 Å². The average Bonchev–Trinajstić information content (AvgIpc) is 2.65. The van der Waals surface area contributed by atoms with Crippen LogP contribution in [0, 0.1) is 10.1 Å². The number of nitrogens with zero attached hydrogens (tertiary/aromatic N) is 1. The lowest BCUT2D eigenvalue weighted by Gasteiger charge is -2.09. The van der Waals surface area contributed by atoms with Gasteiger partial charge in [-0.1, -0.05) is 23.7 Å². The molecule has 27 heavy (non-hydrogen) atoms. The first-order valence-corrected chi connectivity index (χ1v) is 9.45. The fraction of sp³-hybridized carbons (Fsp3) is 0.188. The minimum absolute atomic E-state index is 0.0416. The molecule has 144 valence electrons. The molecule has 0 unspecified atom stereocenters. The molecular weight excluding hydrogens is 398 g/mol. The smallest absolute Gasteiger partial charge is 0.321 e. The van der Waals surface area contributed by atoms with Gasteiger partial charge >= 0.3 is 5.97 Å². The summed E-state index contributed by atoms with van der Waals surface area (Å²) in [7, 11) is -2.65. The second kappa shape index (κ2) is 8.80. The van der Waals surface area contributed by atoms with Crippen molar-refractivity contribution in [2.75, 3.05) is 18.9 Å². The highest BCUT2D eigenvalue weighted by atomic mass is 35.5. The molecule has 0 heterocycles. The number of carbonyl (C=O) groups excluding carboxylic acids is 1. The lowest BCUT2D eigenvalue weighted by atomic mass is 10.2. The highest BCUT2D eigenvalue weighted by molar-refractivity contribution is 7.89. The van der Waals surface area contributed by atoms with Crippen molar-refractivity contribution in [1.82, 2.24) is 4.72 Å². The lowest BCUT2D eigenvalue weighted by Crippen LogP contribution is -2.30. The first-order chi connectivity index (χ1) is 12.7. The third kappa shape index (κ3) is 5.64. The summed E-state index contributed by atoms with van der Waals surface area (Å²) in [6, 6.07) is 9.98. The van der Waals surface area contributed by atoms with Gasteiger partial charge in [0.2, 0.25) is 10.0 Å². The SMILES string of the molecule is CNc1ccc(S(=O)(=O)NCC(=O)OCc2ccc(Cl)cc2)cc1[N+](=O)[O-]. The Morgan fingerprint density at radius 1 is 1.22 bits per heavy atom. The van der Waals surface area contributed by atoms with E-state index in [4.69, 9.17) is 16.3 Å². The zero-order valence-corrected chi connectivity index (χ0v) is 15.7. The van der Waals surface area contributed by atoms with Crippen molar-refractivity contribution >= 4 is 39.0 Å². The van der Waals surface area contributed by atoms with Gasteiger partial charge in [0.05, 0.1) is 9.82 Å². The maximum absolute atomic E-state index is 12.2. The van der Waals surface area contributed by atoms with Crippen LogP contribution in [0.4, 0.5) is 11.4 Å². The summed E-state index contributed by atoms with van der Waals surface area (Å²) in [6.45, 7) is -0.655. The van der Waals surface area contributed by atoms with Crippen LogP contribution in [0.15, 0.2) is 47.4 Å². The zero-order chi connectivity index (χ0) is 20.0. The number of hydrogen-bond donors (Lipinski definition) is 2. The van der Waals surface area contributed by atoms with Crippen LogP contribution in [0.1, 0.15) is 5.56 Å². The second-order valence-electron chi connectivity index (χ2n) is 5.30. The molecule has 0 radical (unpaired) electrons. The molecule has 2 aromatic rings. The number of nitro benzene ring substituents is 1. The first kappa shape index (κ1) is 20.6. The van der Waals surface area contributed by atoms with Gasteiger partial charge in [0.25, 0.3) is 5.69 Å². The van der Waals surface area contributed by atoms with E-state index in [1.807, 2.05) is 0 Å². The fourth-order valence-corrected chi connectivity index (χ4v) is 3.19. The number of rotatable bonds is 8. The molecule has 0 fully saturated rings. The number of sulfonamides is 1. The Balaban J connectivity index is 1.99. The molecule has 0 atom stereocenters. The normalized spacial score (nSPS) is 11.0. The van der Waals surface area contributed by atoms with E-state index in [9.17, 15) is 23.3 Å². The van der Waals surface area contributed by atoms with Crippen LogP contribution in [0.5, 0.6) is 0 Å². The predicted octanol–water partition coefficient (Wildman–Crippen LogP) is 2.31. The van der Waals surface area contributed by atoms with Crippen LogP contribution in [0.2, 0.25) is 5.02 Å². The van der Waals surface area contributed by atoms with E-state index in [-0.39, 0.29) is 17.2 Å². The second-order valence-corrected chi connectivity index (χ2v) is 7.50. The van der Waals surface area contributed by atoms with Gasteiger partial charge in [-0.3, -0.25) is 14.9 Å². The van der Waals surface area contributed by atoms with Gasteiger partial charge in [-0.05, 0) is 29.8 Å². The van der Waals surface area contributed by atoms with E-state index < -0.39 is 33.1 Å². The summed E-state index contributed by atoms with van der Waals surface area (Å²) < 4.78 is 31.5. The number of nitro groups is 1. The zero-order valence-electron chi connectivity index (χ0n) is 14.1. The summed E-state index contributed by atoms with van der Waals surface area (Å²) in [5, 5.41) is 14.2. The summed E-state index contributed by atoms with van der Waals surface area (Å²) in [4.78, 5) is 21.7. The van der Waals surface area contributed by atoms with Gasteiger partial charge in [-0.15, -0.1) is 0 Å². The van der Waals surface area contributed by atoms with Crippen molar-refractivity contribution in [1.29, 1.82) is 0 Å². The Hall–Kier alpha value is -2.69. The van der Waals surface area contributed by atoms with Crippen molar-refractivity contribution in [2.45, 2.75) is 11.5 Å². The Morgan fingerprint density at radius 2 is 1.89 bits per heavy atom. The van der Waals surface area contributed by atoms with E-state index in [0.717, 1.165) is 6.07 Å². The van der Waals surface area contributed by atoms with Gasteiger partial charge in [0, 0.05) is 18.1 Å².